The Balaban J connectivity index is 1.90. The number of aromatic nitrogens is 1. The molecule has 1 spiro atoms. The van der Waals surface area contributed by atoms with Crippen LogP contribution in [-0.2, 0) is 9.53 Å². The van der Waals surface area contributed by atoms with Crippen LogP contribution in [0.15, 0.2) is 18.5 Å². The number of imide groups is 1. The van der Waals surface area contributed by atoms with Crippen LogP contribution in [0.2, 0.25) is 0 Å². The molecule has 0 N–H and O–H groups in total. The van der Waals surface area contributed by atoms with Crippen LogP contribution in [0, 0.1) is 5.82 Å². The normalized spacial score (nSPS) is 22.4. The van der Waals surface area contributed by atoms with Crippen molar-refractivity contribution >= 4 is 12.0 Å². The highest BCUT2D eigenvalue weighted by molar-refractivity contribution is 6.03. The fourth-order valence-corrected chi connectivity index (χ4v) is 2.96. The van der Waals surface area contributed by atoms with Gasteiger partial charge in [-0.05, 0) is 44.2 Å². The van der Waals surface area contributed by atoms with E-state index in [0.29, 0.717) is 18.4 Å². The Kier molecular flexibility index (Phi) is 2.96. The highest BCUT2D eigenvalue weighted by atomic mass is 19.1. The van der Waals surface area contributed by atoms with Gasteiger partial charge in [0.2, 0.25) is 0 Å². The van der Waals surface area contributed by atoms with Crippen molar-refractivity contribution in [3.8, 4) is 0 Å². The van der Waals surface area contributed by atoms with Gasteiger partial charge in [0.15, 0.2) is 5.60 Å². The Labute approximate surface area is 115 Å². The molecule has 1 saturated heterocycles. The van der Waals surface area contributed by atoms with E-state index in [2.05, 4.69) is 4.98 Å². The van der Waals surface area contributed by atoms with Crippen LogP contribution in [0.25, 0.3) is 0 Å². The first-order valence-corrected chi connectivity index (χ1v) is 6.71. The lowest BCUT2D eigenvalue weighted by molar-refractivity contribution is -0.137. The lowest BCUT2D eigenvalue weighted by Crippen LogP contribution is -2.39. The number of pyridine rings is 1. The van der Waals surface area contributed by atoms with E-state index in [1.54, 1.807) is 6.92 Å². The van der Waals surface area contributed by atoms with Gasteiger partial charge in [-0.1, -0.05) is 0 Å². The number of amides is 2. The number of rotatable bonds is 2. The molecule has 2 heterocycles. The molecule has 2 aliphatic rings. The molecule has 5 nitrogen and oxygen atoms in total. The van der Waals surface area contributed by atoms with Crippen LogP contribution < -0.4 is 0 Å². The molecule has 20 heavy (non-hydrogen) atoms. The highest BCUT2D eigenvalue weighted by Crippen LogP contribution is 2.42. The first kappa shape index (κ1) is 13.0. The second-order valence-corrected chi connectivity index (χ2v) is 5.36. The average Bonchev–Trinajstić information content (AvgIpc) is 2.96. The average molecular weight is 278 g/mol. The molecular formula is C14H15FN2O3. The van der Waals surface area contributed by atoms with E-state index in [0.717, 1.165) is 23.9 Å². The van der Waals surface area contributed by atoms with Gasteiger partial charge >= 0.3 is 6.09 Å². The minimum Gasteiger partial charge on any atom is -0.432 e. The summed E-state index contributed by atoms with van der Waals surface area (Å²) in [4.78, 5) is 29.4. The molecule has 1 saturated carbocycles. The fraction of sp³-hybridized carbons (Fsp3) is 0.500. The minimum absolute atomic E-state index is 0.309. The van der Waals surface area contributed by atoms with Gasteiger partial charge in [0.05, 0.1) is 12.2 Å². The molecular weight excluding hydrogens is 263 g/mol. The summed E-state index contributed by atoms with van der Waals surface area (Å²) in [6.07, 6.45) is 4.79. The monoisotopic (exact) mass is 278 g/mol. The lowest BCUT2D eigenvalue weighted by atomic mass is 10.00. The Bertz CT molecular complexity index is 569. The van der Waals surface area contributed by atoms with Gasteiger partial charge in [0.1, 0.15) is 5.82 Å². The van der Waals surface area contributed by atoms with E-state index >= 15 is 0 Å². The zero-order chi connectivity index (χ0) is 14.3. The third-order valence-corrected chi connectivity index (χ3v) is 4.09. The molecule has 3 rings (SSSR count). The van der Waals surface area contributed by atoms with Gasteiger partial charge < -0.3 is 4.74 Å². The Hall–Kier alpha value is -1.98. The molecule has 1 unspecified atom stereocenters. The standard InChI is InChI=1S/C14H15FN2O3/c1-9(10-6-11(15)8-16-7-10)17-12(18)14(20-13(17)19)4-2-3-5-14/h6-9H,2-5H2,1H3. The molecule has 2 amide bonds. The van der Waals surface area contributed by atoms with E-state index in [9.17, 15) is 14.0 Å². The summed E-state index contributed by atoms with van der Waals surface area (Å²) in [6, 6.07) is 0.691. The molecule has 2 fully saturated rings. The first-order chi connectivity index (χ1) is 9.53. The van der Waals surface area contributed by atoms with Crippen molar-refractivity contribution in [1.29, 1.82) is 0 Å². The molecule has 0 bridgehead atoms. The van der Waals surface area contributed by atoms with Crippen LogP contribution in [0.1, 0.15) is 44.2 Å². The van der Waals surface area contributed by atoms with Crippen LogP contribution in [0.3, 0.4) is 0 Å². The fourth-order valence-electron chi connectivity index (χ4n) is 2.96. The van der Waals surface area contributed by atoms with E-state index in [-0.39, 0.29) is 5.91 Å². The van der Waals surface area contributed by atoms with Gasteiger partial charge in [-0.2, -0.15) is 0 Å². The Morgan fingerprint density at radius 3 is 2.70 bits per heavy atom. The number of ether oxygens (including phenoxy) is 1. The topological polar surface area (TPSA) is 59.5 Å². The van der Waals surface area contributed by atoms with Crippen LogP contribution in [0.4, 0.5) is 9.18 Å². The summed E-state index contributed by atoms with van der Waals surface area (Å²) < 4.78 is 18.6. The summed E-state index contributed by atoms with van der Waals surface area (Å²) >= 11 is 0. The Morgan fingerprint density at radius 1 is 1.35 bits per heavy atom. The maximum absolute atomic E-state index is 13.2. The number of carbonyl (C=O) groups excluding carboxylic acids is 2. The quantitative estimate of drug-likeness (QED) is 0.834. The Morgan fingerprint density at radius 2 is 2.05 bits per heavy atom. The summed E-state index contributed by atoms with van der Waals surface area (Å²) in [5.41, 5.74) is -0.503. The van der Waals surface area contributed by atoms with Crippen LogP contribution >= 0.6 is 0 Å². The SMILES string of the molecule is CC(c1cncc(F)c1)N1C(=O)OC2(CCCC2)C1=O. The third-order valence-electron chi connectivity index (χ3n) is 4.09. The zero-order valence-electron chi connectivity index (χ0n) is 11.1. The predicted molar refractivity (Wildman–Crippen MR) is 67.1 cm³/mol. The number of halogens is 1. The number of hydrogen-bond acceptors (Lipinski definition) is 4. The van der Waals surface area contributed by atoms with Crippen LogP contribution in [-0.4, -0.2) is 27.5 Å². The van der Waals surface area contributed by atoms with Gasteiger partial charge in [-0.25, -0.2) is 14.1 Å². The summed E-state index contributed by atoms with van der Waals surface area (Å²) in [5.74, 6) is -0.804. The second kappa shape index (κ2) is 4.54. The highest BCUT2D eigenvalue weighted by Gasteiger charge is 2.56. The first-order valence-electron chi connectivity index (χ1n) is 6.71. The molecule has 1 aromatic heterocycles. The molecule has 1 aliphatic carbocycles. The number of hydrogen-bond donors (Lipinski definition) is 0. The van der Waals surface area contributed by atoms with Gasteiger partial charge in [-0.3, -0.25) is 9.78 Å². The minimum atomic E-state index is -0.980. The zero-order valence-corrected chi connectivity index (χ0v) is 11.1. The smallest absolute Gasteiger partial charge is 0.418 e. The van der Waals surface area contributed by atoms with Crippen molar-refractivity contribution < 1.29 is 18.7 Å². The molecule has 6 heteroatoms. The van der Waals surface area contributed by atoms with Crippen molar-refractivity contribution in [2.24, 2.45) is 0 Å². The molecule has 0 radical (unpaired) electrons. The molecule has 1 aliphatic heterocycles. The molecule has 1 atom stereocenters. The molecule has 0 aromatic carbocycles. The molecule has 106 valence electrons. The van der Waals surface area contributed by atoms with Crippen molar-refractivity contribution in [2.45, 2.75) is 44.2 Å². The largest absolute Gasteiger partial charge is 0.432 e. The lowest BCUT2D eigenvalue weighted by Gasteiger charge is -2.22. The maximum Gasteiger partial charge on any atom is 0.418 e. The van der Waals surface area contributed by atoms with Crippen molar-refractivity contribution in [3.63, 3.8) is 0 Å². The summed E-state index contributed by atoms with van der Waals surface area (Å²) in [7, 11) is 0. The third kappa shape index (κ3) is 1.87. The van der Waals surface area contributed by atoms with E-state index in [4.69, 9.17) is 4.74 Å². The van der Waals surface area contributed by atoms with Gasteiger partial charge in [0, 0.05) is 6.20 Å². The number of carbonyl (C=O) groups is 2. The van der Waals surface area contributed by atoms with Crippen molar-refractivity contribution in [3.05, 3.63) is 29.8 Å². The molecule has 1 aromatic rings. The van der Waals surface area contributed by atoms with E-state index in [1.165, 1.54) is 12.3 Å². The van der Waals surface area contributed by atoms with Gasteiger partial charge in [0.25, 0.3) is 5.91 Å². The van der Waals surface area contributed by atoms with Crippen LogP contribution in [0.5, 0.6) is 0 Å². The second-order valence-electron chi connectivity index (χ2n) is 5.36. The number of nitrogens with zero attached hydrogens (tertiary/aromatic N) is 2. The van der Waals surface area contributed by atoms with E-state index < -0.39 is 23.6 Å². The maximum atomic E-state index is 13.2. The van der Waals surface area contributed by atoms with E-state index in [1.807, 2.05) is 0 Å². The summed E-state index contributed by atoms with van der Waals surface area (Å²) in [6.45, 7) is 1.67. The summed E-state index contributed by atoms with van der Waals surface area (Å²) in [5, 5.41) is 0. The predicted octanol–water partition coefficient (Wildman–Crippen LogP) is 2.57. The van der Waals surface area contributed by atoms with Crippen molar-refractivity contribution in [2.75, 3.05) is 0 Å². The van der Waals surface area contributed by atoms with Crippen molar-refractivity contribution in [1.82, 2.24) is 9.88 Å². The van der Waals surface area contributed by atoms with Gasteiger partial charge in [-0.15, -0.1) is 0 Å².